The van der Waals surface area contributed by atoms with Crippen molar-refractivity contribution < 1.29 is 9.21 Å². The predicted octanol–water partition coefficient (Wildman–Crippen LogP) is 4.31. The van der Waals surface area contributed by atoms with Crippen molar-refractivity contribution in [2.45, 2.75) is 40.5 Å². The largest absolute Gasteiger partial charge is 0.442 e. The molecule has 1 aliphatic rings. The molecule has 0 saturated carbocycles. The predicted molar refractivity (Wildman–Crippen MR) is 107 cm³/mol. The van der Waals surface area contributed by atoms with Gasteiger partial charge in [0.1, 0.15) is 17.4 Å². The number of furan rings is 1. The van der Waals surface area contributed by atoms with Crippen molar-refractivity contribution in [3.63, 3.8) is 0 Å². The second-order valence-corrected chi connectivity index (χ2v) is 7.26. The number of hydrogen-bond donors (Lipinski definition) is 1. The van der Waals surface area contributed by atoms with Crippen LogP contribution in [0, 0.1) is 27.7 Å². The molecule has 6 heteroatoms. The third kappa shape index (κ3) is 3.16. The van der Waals surface area contributed by atoms with Crippen LogP contribution in [0.4, 0.5) is 11.5 Å². The molecule has 3 aromatic rings. The van der Waals surface area contributed by atoms with Crippen LogP contribution in [-0.4, -0.2) is 29.0 Å². The molecule has 140 valence electrons. The van der Waals surface area contributed by atoms with E-state index in [1.54, 1.807) is 6.92 Å². The molecule has 1 saturated heterocycles. The van der Waals surface area contributed by atoms with Crippen LogP contribution in [0.25, 0.3) is 11.1 Å². The molecule has 0 unspecified atom stereocenters. The van der Waals surface area contributed by atoms with Crippen LogP contribution >= 0.6 is 0 Å². The van der Waals surface area contributed by atoms with E-state index >= 15 is 0 Å². The van der Waals surface area contributed by atoms with Crippen LogP contribution in [0.2, 0.25) is 0 Å². The van der Waals surface area contributed by atoms with Crippen molar-refractivity contribution in [1.82, 2.24) is 9.97 Å². The summed E-state index contributed by atoms with van der Waals surface area (Å²) in [6, 6.07) is 5.90. The van der Waals surface area contributed by atoms with Crippen LogP contribution in [0.5, 0.6) is 0 Å². The minimum absolute atomic E-state index is 0.192. The smallest absolute Gasteiger partial charge is 0.260 e. The van der Waals surface area contributed by atoms with Crippen LogP contribution in [-0.2, 0) is 0 Å². The Morgan fingerprint density at radius 3 is 2.52 bits per heavy atom. The van der Waals surface area contributed by atoms with Crippen molar-refractivity contribution in [3.8, 4) is 0 Å². The summed E-state index contributed by atoms with van der Waals surface area (Å²) in [4.78, 5) is 24.4. The van der Waals surface area contributed by atoms with Gasteiger partial charge in [-0.1, -0.05) is 6.07 Å². The number of hydrogen-bond acceptors (Lipinski definition) is 5. The average molecular weight is 364 g/mol. The Balaban J connectivity index is 1.79. The van der Waals surface area contributed by atoms with Crippen LogP contribution in [0.1, 0.15) is 45.9 Å². The van der Waals surface area contributed by atoms with Gasteiger partial charge in [0.15, 0.2) is 0 Å². The molecule has 0 aliphatic carbocycles. The SMILES string of the molecule is Cc1nc(N2CCCC2)c2c(C(=O)Nc3ccc(C)c(C)c3)c(C)oc2n1. The zero-order chi connectivity index (χ0) is 19.1. The Bertz CT molecular complexity index is 1030. The molecular formula is C21H24N4O2. The first-order chi connectivity index (χ1) is 12.9. The van der Waals surface area contributed by atoms with Crippen molar-refractivity contribution in [3.05, 3.63) is 46.5 Å². The van der Waals surface area contributed by atoms with E-state index in [1.165, 1.54) is 5.56 Å². The van der Waals surface area contributed by atoms with Gasteiger partial charge in [-0.3, -0.25) is 4.79 Å². The summed E-state index contributed by atoms with van der Waals surface area (Å²) in [6.45, 7) is 9.62. The summed E-state index contributed by atoms with van der Waals surface area (Å²) in [5.41, 5.74) is 4.10. The second kappa shape index (κ2) is 6.68. The number of carbonyl (C=O) groups is 1. The number of rotatable bonds is 3. The maximum atomic E-state index is 13.1. The molecule has 1 aromatic carbocycles. The fraction of sp³-hybridized carbons (Fsp3) is 0.381. The van der Waals surface area contributed by atoms with E-state index < -0.39 is 0 Å². The Morgan fingerprint density at radius 1 is 1.07 bits per heavy atom. The van der Waals surface area contributed by atoms with E-state index in [2.05, 4.69) is 27.1 Å². The molecule has 27 heavy (non-hydrogen) atoms. The Hall–Kier alpha value is -2.89. The number of benzene rings is 1. The minimum atomic E-state index is -0.192. The normalized spacial score (nSPS) is 14.1. The molecule has 1 amide bonds. The zero-order valence-corrected chi connectivity index (χ0v) is 16.2. The quantitative estimate of drug-likeness (QED) is 0.750. The van der Waals surface area contributed by atoms with Crippen LogP contribution in [0.3, 0.4) is 0 Å². The first-order valence-electron chi connectivity index (χ1n) is 9.35. The van der Waals surface area contributed by atoms with Gasteiger partial charge in [0, 0.05) is 18.8 Å². The fourth-order valence-corrected chi connectivity index (χ4v) is 3.64. The molecule has 1 N–H and O–H groups in total. The summed E-state index contributed by atoms with van der Waals surface area (Å²) in [6.07, 6.45) is 2.26. The first-order valence-corrected chi connectivity index (χ1v) is 9.35. The van der Waals surface area contributed by atoms with Crippen molar-refractivity contribution in [2.24, 2.45) is 0 Å². The van der Waals surface area contributed by atoms with E-state index in [0.717, 1.165) is 43.0 Å². The van der Waals surface area contributed by atoms with E-state index in [4.69, 9.17) is 4.42 Å². The highest BCUT2D eigenvalue weighted by Crippen LogP contribution is 2.34. The molecule has 1 fully saturated rings. The first kappa shape index (κ1) is 17.5. The zero-order valence-electron chi connectivity index (χ0n) is 16.2. The Labute approximate surface area is 158 Å². The van der Waals surface area contributed by atoms with E-state index in [1.807, 2.05) is 32.0 Å². The standard InChI is InChI=1S/C21H24N4O2/c1-12-7-8-16(11-13(12)2)24-20(26)17-14(3)27-21-18(17)19(22-15(4)23-21)25-9-5-6-10-25/h7-8,11H,5-6,9-10H2,1-4H3,(H,24,26). The van der Waals surface area contributed by atoms with Gasteiger partial charge in [-0.25, -0.2) is 4.98 Å². The highest BCUT2D eigenvalue weighted by atomic mass is 16.3. The number of nitrogens with one attached hydrogen (secondary N) is 1. The summed E-state index contributed by atoms with van der Waals surface area (Å²) in [5, 5.41) is 3.71. The fourth-order valence-electron chi connectivity index (χ4n) is 3.64. The van der Waals surface area contributed by atoms with Gasteiger partial charge in [-0.15, -0.1) is 0 Å². The minimum Gasteiger partial charge on any atom is -0.442 e. The summed E-state index contributed by atoms with van der Waals surface area (Å²) >= 11 is 0. The summed E-state index contributed by atoms with van der Waals surface area (Å²) < 4.78 is 5.84. The van der Waals surface area contributed by atoms with Gasteiger partial charge < -0.3 is 14.6 Å². The molecule has 0 spiro atoms. The molecule has 1 aliphatic heterocycles. The lowest BCUT2D eigenvalue weighted by Gasteiger charge is -2.18. The van der Waals surface area contributed by atoms with Crippen molar-refractivity contribution >= 4 is 28.5 Å². The molecule has 4 rings (SSSR count). The van der Waals surface area contributed by atoms with Gasteiger partial charge in [0.05, 0.1) is 10.9 Å². The van der Waals surface area contributed by atoms with Gasteiger partial charge >= 0.3 is 0 Å². The molecule has 3 heterocycles. The number of fused-ring (bicyclic) bond motifs is 1. The van der Waals surface area contributed by atoms with E-state index in [9.17, 15) is 4.79 Å². The molecular weight excluding hydrogens is 340 g/mol. The van der Waals surface area contributed by atoms with Crippen molar-refractivity contribution in [2.75, 3.05) is 23.3 Å². The number of anilines is 2. The summed E-state index contributed by atoms with van der Waals surface area (Å²) in [7, 11) is 0. The maximum absolute atomic E-state index is 13.1. The number of aryl methyl sites for hydroxylation is 4. The number of carbonyl (C=O) groups excluding carboxylic acids is 1. The third-order valence-electron chi connectivity index (χ3n) is 5.22. The summed E-state index contributed by atoms with van der Waals surface area (Å²) in [5.74, 6) is 1.82. The number of nitrogens with zero attached hydrogens (tertiary/aromatic N) is 3. The van der Waals surface area contributed by atoms with Crippen LogP contribution < -0.4 is 10.2 Å². The number of amides is 1. The average Bonchev–Trinajstić information content (AvgIpc) is 3.24. The van der Waals surface area contributed by atoms with Crippen LogP contribution in [0.15, 0.2) is 22.6 Å². The Morgan fingerprint density at radius 2 is 1.81 bits per heavy atom. The van der Waals surface area contributed by atoms with Gasteiger partial charge in [0.2, 0.25) is 5.71 Å². The molecule has 2 aromatic heterocycles. The Kier molecular flexibility index (Phi) is 4.34. The highest BCUT2D eigenvalue weighted by Gasteiger charge is 2.27. The van der Waals surface area contributed by atoms with Gasteiger partial charge in [0.25, 0.3) is 5.91 Å². The molecule has 0 radical (unpaired) electrons. The monoisotopic (exact) mass is 364 g/mol. The molecule has 0 atom stereocenters. The van der Waals surface area contributed by atoms with Gasteiger partial charge in [-0.2, -0.15) is 4.98 Å². The van der Waals surface area contributed by atoms with Crippen molar-refractivity contribution in [1.29, 1.82) is 0 Å². The molecule has 6 nitrogen and oxygen atoms in total. The highest BCUT2D eigenvalue weighted by molar-refractivity contribution is 6.15. The van der Waals surface area contributed by atoms with E-state index in [-0.39, 0.29) is 5.91 Å². The lowest BCUT2D eigenvalue weighted by Crippen LogP contribution is -2.21. The molecule has 0 bridgehead atoms. The third-order valence-corrected chi connectivity index (χ3v) is 5.22. The topological polar surface area (TPSA) is 71.3 Å². The lowest BCUT2D eigenvalue weighted by molar-refractivity contribution is 0.102. The van der Waals surface area contributed by atoms with E-state index in [0.29, 0.717) is 28.2 Å². The number of aromatic nitrogens is 2. The maximum Gasteiger partial charge on any atom is 0.260 e. The lowest BCUT2D eigenvalue weighted by atomic mass is 10.1. The van der Waals surface area contributed by atoms with Gasteiger partial charge in [-0.05, 0) is 63.8 Å². The second-order valence-electron chi connectivity index (χ2n) is 7.26.